The van der Waals surface area contributed by atoms with Gasteiger partial charge in [0.05, 0.1) is 4.87 Å². The lowest BCUT2D eigenvalue weighted by molar-refractivity contribution is -0.120. The first-order chi connectivity index (χ1) is 7.09. The number of carbonyl (C=O) groups excluding carboxylic acids is 1. The highest BCUT2D eigenvalue weighted by Gasteiger charge is 2.58. The van der Waals surface area contributed by atoms with Crippen molar-refractivity contribution in [2.24, 2.45) is 5.92 Å². The Labute approximate surface area is 93.2 Å². The van der Waals surface area contributed by atoms with Crippen LogP contribution in [0.15, 0.2) is 24.3 Å². The quantitative estimate of drug-likeness (QED) is 0.723. The van der Waals surface area contributed by atoms with E-state index in [1.807, 2.05) is 0 Å². The molecule has 2 rings (SSSR count). The van der Waals surface area contributed by atoms with Crippen LogP contribution in [0.1, 0.15) is 25.3 Å². The van der Waals surface area contributed by atoms with Gasteiger partial charge in [0, 0.05) is 17.9 Å². The maximum Gasteiger partial charge on any atom is 0.137 e. The molecule has 1 nitrogen and oxygen atoms in total. The van der Waals surface area contributed by atoms with Crippen LogP contribution in [0.2, 0.25) is 0 Å². The molecular formula is C12H12ClFO. The van der Waals surface area contributed by atoms with E-state index >= 15 is 0 Å². The number of rotatable bonds is 3. The first-order valence-corrected chi connectivity index (χ1v) is 5.44. The van der Waals surface area contributed by atoms with E-state index in [2.05, 4.69) is 0 Å². The SMILES string of the molecule is CCC(=O)C1CC1(Cl)c1ccccc1F. The zero-order valence-electron chi connectivity index (χ0n) is 8.47. The normalized spacial score (nSPS) is 28.9. The van der Waals surface area contributed by atoms with E-state index in [1.54, 1.807) is 25.1 Å². The number of hydrogen-bond acceptors (Lipinski definition) is 1. The van der Waals surface area contributed by atoms with Crippen LogP contribution in [-0.4, -0.2) is 5.78 Å². The fraction of sp³-hybridized carbons (Fsp3) is 0.417. The number of ketones is 1. The van der Waals surface area contributed by atoms with E-state index in [4.69, 9.17) is 11.6 Å². The van der Waals surface area contributed by atoms with Crippen molar-refractivity contribution in [2.45, 2.75) is 24.6 Å². The maximum atomic E-state index is 13.5. The minimum absolute atomic E-state index is 0.119. The molecule has 2 atom stereocenters. The van der Waals surface area contributed by atoms with Crippen molar-refractivity contribution >= 4 is 17.4 Å². The predicted octanol–water partition coefficient (Wildman–Crippen LogP) is 3.26. The highest BCUT2D eigenvalue weighted by Crippen LogP contribution is 2.59. The van der Waals surface area contributed by atoms with E-state index in [9.17, 15) is 9.18 Å². The number of Topliss-reactive ketones (excluding diaryl/α,β-unsaturated/α-hetero) is 1. The van der Waals surface area contributed by atoms with Crippen molar-refractivity contribution in [3.63, 3.8) is 0 Å². The van der Waals surface area contributed by atoms with Gasteiger partial charge in [-0.05, 0) is 12.5 Å². The van der Waals surface area contributed by atoms with Gasteiger partial charge in [-0.25, -0.2) is 4.39 Å². The third-order valence-corrected chi connectivity index (χ3v) is 3.57. The molecule has 0 heterocycles. The molecule has 2 unspecified atom stereocenters. The van der Waals surface area contributed by atoms with E-state index in [-0.39, 0.29) is 17.5 Å². The molecule has 1 aliphatic rings. The summed E-state index contributed by atoms with van der Waals surface area (Å²) in [7, 11) is 0. The summed E-state index contributed by atoms with van der Waals surface area (Å²) < 4.78 is 13.5. The smallest absolute Gasteiger partial charge is 0.137 e. The zero-order valence-corrected chi connectivity index (χ0v) is 9.22. The Kier molecular flexibility index (Phi) is 2.55. The van der Waals surface area contributed by atoms with E-state index in [0.717, 1.165) is 0 Å². The molecule has 0 saturated heterocycles. The van der Waals surface area contributed by atoms with Crippen LogP contribution in [-0.2, 0) is 9.67 Å². The molecule has 1 saturated carbocycles. The third-order valence-electron chi connectivity index (χ3n) is 2.95. The second-order valence-electron chi connectivity index (χ2n) is 3.92. The maximum absolute atomic E-state index is 13.5. The Morgan fingerprint density at radius 3 is 2.87 bits per heavy atom. The largest absolute Gasteiger partial charge is 0.299 e. The number of alkyl halides is 1. The van der Waals surface area contributed by atoms with Gasteiger partial charge in [0.1, 0.15) is 11.6 Å². The Morgan fingerprint density at radius 1 is 1.60 bits per heavy atom. The molecule has 0 N–H and O–H groups in total. The molecule has 0 aliphatic heterocycles. The summed E-state index contributed by atoms with van der Waals surface area (Å²) in [5, 5.41) is 0. The Bertz CT molecular complexity index is 404. The van der Waals surface area contributed by atoms with Gasteiger partial charge in [-0.3, -0.25) is 4.79 Å². The molecule has 15 heavy (non-hydrogen) atoms. The average Bonchev–Trinajstić information content (AvgIpc) is 2.91. The van der Waals surface area contributed by atoms with Crippen molar-refractivity contribution in [1.82, 2.24) is 0 Å². The lowest BCUT2D eigenvalue weighted by Crippen LogP contribution is -2.10. The molecule has 1 aliphatic carbocycles. The molecule has 1 aromatic rings. The highest BCUT2D eigenvalue weighted by atomic mass is 35.5. The predicted molar refractivity (Wildman–Crippen MR) is 57.3 cm³/mol. The van der Waals surface area contributed by atoms with Crippen LogP contribution in [0, 0.1) is 11.7 Å². The van der Waals surface area contributed by atoms with Crippen LogP contribution in [0.4, 0.5) is 4.39 Å². The molecule has 1 fully saturated rings. The van der Waals surface area contributed by atoms with Crippen molar-refractivity contribution in [2.75, 3.05) is 0 Å². The Morgan fingerprint density at radius 2 is 2.27 bits per heavy atom. The van der Waals surface area contributed by atoms with E-state index in [0.29, 0.717) is 18.4 Å². The molecule has 1 aromatic carbocycles. The highest BCUT2D eigenvalue weighted by molar-refractivity contribution is 6.28. The fourth-order valence-corrected chi connectivity index (χ4v) is 2.38. The molecule has 3 heteroatoms. The second-order valence-corrected chi connectivity index (χ2v) is 4.59. The second kappa shape index (κ2) is 3.60. The van der Waals surface area contributed by atoms with Gasteiger partial charge in [-0.1, -0.05) is 25.1 Å². The summed E-state index contributed by atoms with van der Waals surface area (Å²) in [5.74, 6) is -0.409. The van der Waals surface area contributed by atoms with Crippen molar-refractivity contribution in [3.05, 3.63) is 35.6 Å². The number of halogens is 2. The topological polar surface area (TPSA) is 17.1 Å². The molecular weight excluding hydrogens is 215 g/mol. The number of carbonyl (C=O) groups is 1. The standard InChI is InChI=1S/C12H12ClFO/c1-2-11(15)9-7-12(9,13)8-5-3-4-6-10(8)14/h3-6,9H,2,7H2,1H3. The molecule has 0 aromatic heterocycles. The van der Waals surface area contributed by atoms with Gasteiger partial charge in [0.15, 0.2) is 0 Å². The lowest BCUT2D eigenvalue weighted by atomic mass is 10.1. The molecule has 0 radical (unpaired) electrons. The van der Waals surface area contributed by atoms with Gasteiger partial charge in [-0.15, -0.1) is 11.6 Å². The first kappa shape index (κ1) is 10.6. The molecule has 80 valence electrons. The van der Waals surface area contributed by atoms with Gasteiger partial charge in [-0.2, -0.15) is 0 Å². The first-order valence-electron chi connectivity index (χ1n) is 5.06. The molecule has 0 bridgehead atoms. The van der Waals surface area contributed by atoms with Crippen molar-refractivity contribution in [1.29, 1.82) is 0 Å². The lowest BCUT2D eigenvalue weighted by Gasteiger charge is -2.09. The summed E-state index contributed by atoms with van der Waals surface area (Å²) in [6.45, 7) is 1.80. The van der Waals surface area contributed by atoms with Crippen molar-refractivity contribution < 1.29 is 9.18 Å². The van der Waals surface area contributed by atoms with Crippen LogP contribution in [0.3, 0.4) is 0 Å². The van der Waals surface area contributed by atoms with E-state index < -0.39 is 4.87 Å². The average molecular weight is 227 g/mol. The summed E-state index contributed by atoms with van der Waals surface area (Å²) in [4.78, 5) is 10.7. The number of benzene rings is 1. The summed E-state index contributed by atoms with van der Waals surface area (Å²) in [5.41, 5.74) is 0.457. The molecule has 0 spiro atoms. The van der Waals surface area contributed by atoms with Crippen molar-refractivity contribution in [3.8, 4) is 0 Å². The van der Waals surface area contributed by atoms with Gasteiger partial charge >= 0.3 is 0 Å². The van der Waals surface area contributed by atoms with Crippen LogP contribution in [0.5, 0.6) is 0 Å². The monoisotopic (exact) mass is 226 g/mol. The zero-order chi connectivity index (χ0) is 11.1. The van der Waals surface area contributed by atoms with Gasteiger partial charge in [0.2, 0.25) is 0 Å². The van der Waals surface area contributed by atoms with Gasteiger partial charge < -0.3 is 0 Å². The third kappa shape index (κ3) is 1.67. The minimum atomic E-state index is -0.779. The Hall–Kier alpha value is -0.890. The fourth-order valence-electron chi connectivity index (χ4n) is 1.95. The van der Waals surface area contributed by atoms with Crippen LogP contribution < -0.4 is 0 Å². The summed E-state index contributed by atoms with van der Waals surface area (Å²) in [6.07, 6.45) is 1.02. The summed E-state index contributed by atoms with van der Waals surface area (Å²) in [6, 6.07) is 6.41. The van der Waals surface area contributed by atoms with Crippen LogP contribution >= 0.6 is 11.6 Å². The van der Waals surface area contributed by atoms with Gasteiger partial charge in [0.25, 0.3) is 0 Å². The van der Waals surface area contributed by atoms with E-state index in [1.165, 1.54) is 6.07 Å². The minimum Gasteiger partial charge on any atom is -0.299 e. The Balaban J connectivity index is 2.27. The van der Waals surface area contributed by atoms with Crippen LogP contribution in [0.25, 0.3) is 0 Å². The summed E-state index contributed by atoms with van der Waals surface area (Å²) >= 11 is 6.25. The molecule has 0 amide bonds. The number of hydrogen-bond donors (Lipinski definition) is 0.